The number of hydrogen-bond donors (Lipinski definition) is 2. The van der Waals surface area contributed by atoms with Crippen LogP contribution in [-0.4, -0.2) is 27.2 Å². The molecule has 9 heteroatoms. The van der Waals surface area contributed by atoms with Crippen molar-refractivity contribution in [3.8, 4) is 17.2 Å². The van der Waals surface area contributed by atoms with E-state index in [9.17, 15) is 9.18 Å². The second-order valence-electron chi connectivity index (χ2n) is 6.22. The fraction of sp³-hybridized carbons (Fsp3) is 0.136. The lowest BCUT2D eigenvalue weighted by Crippen LogP contribution is -2.15. The Labute approximate surface area is 188 Å². The molecule has 0 bridgehead atoms. The number of hydrogen-bond acceptors (Lipinski definition) is 6. The van der Waals surface area contributed by atoms with Crippen LogP contribution in [0.3, 0.4) is 0 Å². The maximum Gasteiger partial charge on any atom is 0.263 e. The van der Waals surface area contributed by atoms with Gasteiger partial charge in [0.05, 0.1) is 26.2 Å². The van der Waals surface area contributed by atoms with Crippen molar-refractivity contribution in [2.75, 3.05) is 31.4 Å². The number of carbonyl (C=O) groups is 1. The van der Waals surface area contributed by atoms with Gasteiger partial charge in [-0.1, -0.05) is 11.6 Å². The average Bonchev–Trinajstić information content (AvgIpc) is 2.79. The van der Waals surface area contributed by atoms with Crippen molar-refractivity contribution in [1.82, 2.24) is 0 Å². The molecule has 31 heavy (non-hydrogen) atoms. The Morgan fingerprint density at radius 1 is 0.903 bits per heavy atom. The SMILES string of the molecule is COc1cc(OC)c(C(=O)Nc2ccc(F)c(SNc3ccc(Cl)cc3)c2)c(OC)c1. The summed E-state index contributed by atoms with van der Waals surface area (Å²) in [5, 5.41) is 3.36. The van der Waals surface area contributed by atoms with E-state index in [2.05, 4.69) is 10.0 Å². The van der Waals surface area contributed by atoms with Crippen LogP contribution in [-0.2, 0) is 0 Å². The number of carbonyl (C=O) groups excluding carboxylic acids is 1. The lowest BCUT2D eigenvalue weighted by molar-refractivity contribution is 0.102. The lowest BCUT2D eigenvalue weighted by atomic mass is 10.1. The van der Waals surface area contributed by atoms with Crippen LogP contribution < -0.4 is 24.2 Å². The first-order valence-corrected chi connectivity index (χ1v) is 10.2. The van der Waals surface area contributed by atoms with Gasteiger partial charge >= 0.3 is 0 Å². The normalized spacial score (nSPS) is 10.4. The predicted molar refractivity (Wildman–Crippen MR) is 121 cm³/mol. The molecule has 3 aromatic carbocycles. The molecule has 0 radical (unpaired) electrons. The summed E-state index contributed by atoms with van der Waals surface area (Å²) in [6, 6.07) is 14.5. The third-order valence-corrected chi connectivity index (χ3v) is 5.38. The zero-order valence-electron chi connectivity index (χ0n) is 17.0. The van der Waals surface area contributed by atoms with Gasteiger partial charge in [0.2, 0.25) is 0 Å². The van der Waals surface area contributed by atoms with E-state index < -0.39 is 11.7 Å². The molecule has 0 aliphatic rings. The first-order valence-electron chi connectivity index (χ1n) is 9.04. The Hall–Kier alpha value is -3.10. The molecule has 0 fully saturated rings. The van der Waals surface area contributed by atoms with Crippen LogP contribution in [0, 0.1) is 5.82 Å². The minimum absolute atomic E-state index is 0.198. The fourth-order valence-electron chi connectivity index (χ4n) is 2.71. The Balaban J connectivity index is 1.80. The summed E-state index contributed by atoms with van der Waals surface area (Å²) in [6.07, 6.45) is 0. The lowest BCUT2D eigenvalue weighted by Gasteiger charge is -2.15. The summed E-state index contributed by atoms with van der Waals surface area (Å²) in [7, 11) is 4.39. The van der Waals surface area contributed by atoms with Crippen molar-refractivity contribution >= 4 is 40.8 Å². The molecule has 3 aromatic rings. The van der Waals surface area contributed by atoms with Gasteiger partial charge in [0.1, 0.15) is 28.6 Å². The van der Waals surface area contributed by atoms with Gasteiger partial charge in [-0.05, 0) is 54.4 Å². The van der Waals surface area contributed by atoms with Crippen LogP contribution in [0.1, 0.15) is 10.4 Å². The van der Waals surface area contributed by atoms with Crippen molar-refractivity contribution in [1.29, 1.82) is 0 Å². The number of rotatable bonds is 8. The molecule has 0 aliphatic carbocycles. The number of methoxy groups -OCH3 is 3. The van der Waals surface area contributed by atoms with E-state index in [-0.39, 0.29) is 17.1 Å². The highest BCUT2D eigenvalue weighted by molar-refractivity contribution is 8.00. The van der Waals surface area contributed by atoms with Crippen LogP contribution >= 0.6 is 23.5 Å². The van der Waals surface area contributed by atoms with Crippen LogP contribution in [0.5, 0.6) is 17.2 Å². The van der Waals surface area contributed by atoms with E-state index in [4.69, 9.17) is 25.8 Å². The number of halogens is 2. The van der Waals surface area contributed by atoms with Gasteiger partial charge in [-0.25, -0.2) is 4.39 Å². The highest BCUT2D eigenvalue weighted by Gasteiger charge is 2.21. The molecular formula is C22H20ClFN2O4S. The Kier molecular flexibility index (Phi) is 7.49. The monoisotopic (exact) mass is 462 g/mol. The van der Waals surface area contributed by atoms with E-state index >= 15 is 0 Å². The second-order valence-corrected chi connectivity index (χ2v) is 7.50. The number of nitrogens with one attached hydrogen (secondary N) is 2. The molecule has 0 atom stereocenters. The molecule has 2 N–H and O–H groups in total. The number of anilines is 2. The zero-order valence-corrected chi connectivity index (χ0v) is 18.6. The zero-order chi connectivity index (χ0) is 22.4. The summed E-state index contributed by atoms with van der Waals surface area (Å²) in [4.78, 5) is 13.2. The van der Waals surface area contributed by atoms with Gasteiger partial charge in [0, 0.05) is 28.5 Å². The van der Waals surface area contributed by atoms with E-state index in [1.807, 2.05) is 0 Å². The van der Waals surface area contributed by atoms with Gasteiger partial charge < -0.3 is 24.2 Å². The second kappa shape index (κ2) is 10.3. The predicted octanol–water partition coefficient (Wildman–Crippen LogP) is 5.88. The van der Waals surface area contributed by atoms with Crippen LogP contribution in [0.15, 0.2) is 59.5 Å². The van der Waals surface area contributed by atoms with Crippen molar-refractivity contribution in [3.63, 3.8) is 0 Å². The molecule has 0 saturated heterocycles. The van der Waals surface area contributed by atoms with Crippen molar-refractivity contribution < 1.29 is 23.4 Å². The molecule has 6 nitrogen and oxygen atoms in total. The molecule has 0 heterocycles. The van der Waals surface area contributed by atoms with Crippen LogP contribution in [0.25, 0.3) is 0 Å². The van der Waals surface area contributed by atoms with Crippen LogP contribution in [0.4, 0.5) is 15.8 Å². The molecule has 0 unspecified atom stereocenters. The molecule has 0 aliphatic heterocycles. The Morgan fingerprint density at radius 3 is 2.10 bits per heavy atom. The molecular weight excluding hydrogens is 443 g/mol. The van der Waals surface area contributed by atoms with Gasteiger partial charge in [-0.15, -0.1) is 0 Å². The standard InChI is InChI=1S/C22H20ClFN2O4S/c1-28-16-11-18(29-2)21(19(12-16)30-3)22(27)25-15-8-9-17(24)20(10-15)31-26-14-6-4-13(23)5-7-14/h4-12,26H,1-3H3,(H,25,27). The molecule has 0 saturated carbocycles. The minimum Gasteiger partial charge on any atom is -0.496 e. The maximum absolute atomic E-state index is 14.3. The smallest absolute Gasteiger partial charge is 0.263 e. The van der Waals surface area contributed by atoms with E-state index in [0.717, 1.165) is 17.6 Å². The van der Waals surface area contributed by atoms with Crippen molar-refractivity contribution in [2.24, 2.45) is 0 Å². The van der Waals surface area contributed by atoms with Gasteiger partial charge in [-0.3, -0.25) is 4.79 Å². The van der Waals surface area contributed by atoms with E-state index in [0.29, 0.717) is 21.4 Å². The minimum atomic E-state index is -0.468. The van der Waals surface area contributed by atoms with Gasteiger partial charge in [0.25, 0.3) is 5.91 Å². The number of benzene rings is 3. The summed E-state index contributed by atoms with van der Waals surface area (Å²) in [5.74, 6) is 0.164. The van der Waals surface area contributed by atoms with Crippen molar-refractivity contribution in [3.05, 3.63) is 71.0 Å². The van der Waals surface area contributed by atoms with E-state index in [1.165, 1.54) is 39.5 Å². The fourth-order valence-corrected chi connectivity index (χ4v) is 3.56. The van der Waals surface area contributed by atoms with Gasteiger partial charge in [0.15, 0.2) is 0 Å². The molecule has 162 valence electrons. The highest BCUT2D eigenvalue weighted by atomic mass is 35.5. The summed E-state index contributed by atoms with van der Waals surface area (Å²) in [5.41, 5.74) is 1.37. The Morgan fingerprint density at radius 2 is 1.52 bits per heavy atom. The topological polar surface area (TPSA) is 68.8 Å². The average molecular weight is 463 g/mol. The number of ether oxygens (including phenoxy) is 3. The van der Waals surface area contributed by atoms with Crippen LogP contribution in [0.2, 0.25) is 5.02 Å². The molecule has 0 spiro atoms. The highest BCUT2D eigenvalue weighted by Crippen LogP contribution is 2.35. The maximum atomic E-state index is 14.3. The van der Waals surface area contributed by atoms with E-state index in [1.54, 1.807) is 36.4 Å². The first-order chi connectivity index (χ1) is 14.9. The summed E-state index contributed by atoms with van der Waals surface area (Å²) < 4.78 is 33.2. The Bertz CT molecular complexity index is 1050. The summed E-state index contributed by atoms with van der Waals surface area (Å²) in [6.45, 7) is 0. The third kappa shape index (κ3) is 5.53. The largest absolute Gasteiger partial charge is 0.496 e. The first kappa shape index (κ1) is 22.6. The molecule has 0 aromatic heterocycles. The molecule has 3 rings (SSSR count). The number of amides is 1. The molecule has 1 amide bonds. The third-order valence-electron chi connectivity index (χ3n) is 4.25. The van der Waals surface area contributed by atoms with Crippen molar-refractivity contribution in [2.45, 2.75) is 4.90 Å². The summed E-state index contributed by atoms with van der Waals surface area (Å²) >= 11 is 6.95. The van der Waals surface area contributed by atoms with Gasteiger partial charge in [-0.2, -0.15) is 0 Å². The quantitative estimate of drug-likeness (QED) is 0.408.